The maximum absolute atomic E-state index is 12.0. The molecule has 21 heavy (non-hydrogen) atoms. The van der Waals surface area contributed by atoms with Crippen LogP contribution in [-0.4, -0.2) is 23.4 Å². The average molecular weight is 319 g/mol. The van der Waals surface area contributed by atoms with Crippen LogP contribution in [-0.2, 0) is 4.79 Å². The Morgan fingerprint density at radius 3 is 2.95 bits per heavy atom. The first-order valence-electron chi connectivity index (χ1n) is 6.49. The van der Waals surface area contributed by atoms with E-state index in [4.69, 9.17) is 5.11 Å². The summed E-state index contributed by atoms with van der Waals surface area (Å²) in [5.74, 6) is -1.04. The molecule has 0 bridgehead atoms. The summed E-state index contributed by atoms with van der Waals surface area (Å²) < 4.78 is 1.20. The highest BCUT2D eigenvalue weighted by molar-refractivity contribution is 7.12. The van der Waals surface area contributed by atoms with Crippen LogP contribution in [0.3, 0.4) is 0 Å². The number of carboxylic acid groups (broad SMARTS) is 1. The second-order valence-corrected chi connectivity index (χ2v) is 6.58. The van der Waals surface area contributed by atoms with Crippen LogP contribution in [0.5, 0.6) is 0 Å². The summed E-state index contributed by atoms with van der Waals surface area (Å²) in [6.07, 6.45) is 1.95. The van der Waals surface area contributed by atoms with Gasteiger partial charge in [-0.25, -0.2) is 0 Å². The Morgan fingerprint density at radius 1 is 1.29 bits per heavy atom. The maximum Gasteiger partial charge on any atom is 0.303 e. The summed E-state index contributed by atoms with van der Waals surface area (Å²) in [6.45, 7) is 0.739. The van der Waals surface area contributed by atoms with Gasteiger partial charge in [0.1, 0.15) is 0 Å². The zero-order valence-corrected chi connectivity index (χ0v) is 12.7. The normalized spacial score (nSPS) is 13.2. The molecule has 2 N–H and O–H groups in total. The number of nitrogens with one attached hydrogen (secondary N) is 1. The largest absolute Gasteiger partial charge is 0.481 e. The monoisotopic (exact) mass is 319 g/mol. The lowest BCUT2D eigenvalue weighted by Crippen LogP contribution is -2.33. The van der Waals surface area contributed by atoms with Crippen molar-refractivity contribution in [3.05, 3.63) is 43.1 Å². The molecule has 0 amide bonds. The lowest BCUT2D eigenvalue weighted by molar-refractivity contribution is -0.136. The van der Waals surface area contributed by atoms with E-state index in [1.807, 2.05) is 17.6 Å². The zero-order chi connectivity index (χ0) is 14.8. The molecule has 0 saturated carbocycles. The molecule has 1 aliphatic heterocycles. The molecular weight excluding hydrogens is 306 g/mol. The molecule has 0 unspecified atom stereocenters. The number of fused-ring (bicyclic) bond motifs is 1. The van der Waals surface area contributed by atoms with Crippen molar-refractivity contribution in [1.29, 1.82) is 0 Å². The quantitative estimate of drug-likeness (QED) is 0.818. The predicted molar refractivity (Wildman–Crippen MR) is 84.1 cm³/mol. The number of hydrogen-bond donors (Lipinski definition) is 2. The van der Waals surface area contributed by atoms with E-state index in [1.165, 1.54) is 26.7 Å². The number of ketones is 1. The van der Waals surface area contributed by atoms with E-state index in [-0.39, 0.29) is 18.6 Å². The molecule has 2 aromatic rings. The number of Topliss-reactive ketones (excluding diaryl/α,β-unsaturated/α-hetero) is 1. The second kappa shape index (κ2) is 5.83. The molecule has 0 aliphatic carbocycles. The van der Waals surface area contributed by atoms with Crippen molar-refractivity contribution in [2.75, 3.05) is 6.54 Å². The maximum atomic E-state index is 12.0. The molecule has 108 valence electrons. The Bertz CT molecular complexity index is 816. The first-order chi connectivity index (χ1) is 10.1. The molecule has 0 atom stereocenters. The number of thiophene rings is 2. The van der Waals surface area contributed by atoms with Gasteiger partial charge in [-0.3, -0.25) is 9.59 Å². The van der Waals surface area contributed by atoms with Crippen LogP contribution < -0.4 is 15.1 Å². The topological polar surface area (TPSA) is 66.4 Å². The molecule has 6 heteroatoms. The Labute approximate surface area is 129 Å². The summed E-state index contributed by atoms with van der Waals surface area (Å²) in [6, 6.07) is 3.97. The van der Waals surface area contributed by atoms with Gasteiger partial charge in [0.25, 0.3) is 0 Å². The highest BCUT2D eigenvalue weighted by Gasteiger charge is 2.14. The third-order valence-electron chi connectivity index (χ3n) is 3.32. The molecule has 3 heterocycles. The minimum atomic E-state index is -0.940. The molecule has 4 nitrogen and oxygen atoms in total. The van der Waals surface area contributed by atoms with E-state index in [9.17, 15) is 9.59 Å². The standard InChI is InChI=1S/C15H13NO3S2/c17-12(1-2-15(18)19)13-5-9(8-21-13)11-6-16-7-14-10(11)3-4-20-14/h3-5,7-8,16H,1-2,6H2,(H,18,19). The Kier molecular flexibility index (Phi) is 3.90. The van der Waals surface area contributed by atoms with Crippen LogP contribution in [0.25, 0.3) is 11.8 Å². The summed E-state index contributed by atoms with van der Waals surface area (Å²) in [5, 5.41) is 17.1. The van der Waals surface area contributed by atoms with E-state index in [0.29, 0.717) is 4.88 Å². The molecule has 3 rings (SSSR count). The average Bonchev–Trinajstić information content (AvgIpc) is 3.12. The van der Waals surface area contributed by atoms with Gasteiger partial charge >= 0.3 is 5.97 Å². The highest BCUT2D eigenvalue weighted by Crippen LogP contribution is 2.22. The van der Waals surface area contributed by atoms with Gasteiger partial charge < -0.3 is 10.4 Å². The lowest BCUT2D eigenvalue weighted by Gasteiger charge is -2.09. The zero-order valence-electron chi connectivity index (χ0n) is 11.1. The van der Waals surface area contributed by atoms with Gasteiger partial charge in [0.2, 0.25) is 0 Å². The minimum Gasteiger partial charge on any atom is -0.481 e. The van der Waals surface area contributed by atoms with Gasteiger partial charge in [-0.2, -0.15) is 0 Å². The summed E-state index contributed by atoms with van der Waals surface area (Å²) in [4.78, 5) is 23.1. The number of hydrogen-bond acceptors (Lipinski definition) is 5. The van der Waals surface area contributed by atoms with E-state index in [0.717, 1.165) is 12.1 Å². The number of carbonyl (C=O) groups excluding carboxylic acids is 1. The highest BCUT2D eigenvalue weighted by atomic mass is 32.1. The summed E-state index contributed by atoms with van der Waals surface area (Å²) in [5.41, 5.74) is 2.22. The third kappa shape index (κ3) is 2.91. The molecule has 1 aliphatic rings. The molecule has 2 aromatic heterocycles. The summed E-state index contributed by atoms with van der Waals surface area (Å²) in [7, 11) is 0. The molecule has 0 radical (unpaired) electrons. The minimum absolute atomic E-state index is 0.0559. The lowest BCUT2D eigenvalue weighted by atomic mass is 10.0. The van der Waals surface area contributed by atoms with Crippen molar-refractivity contribution in [3.63, 3.8) is 0 Å². The van der Waals surface area contributed by atoms with Gasteiger partial charge in [-0.1, -0.05) is 0 Å². The summed E-state index contributed by atoms with van der Waals surface area (Å²) >= 11 is 3.06. The first kappa shape index (κ1) is 14.0. The van der Waals surface area contributed by atoms with E-state index < -0.39 is 5.97 Å². The number of aliphatic carboxylic acids is 1. The Balaban J connectivity index is 1.90. The van der Waals surface area contributed by atoms with Gasteiger partial charge in [-0.05, 0) is 39.2 Å². The number of carboxylic acids is 1. The van der Waals surface area contributed by atoms with Crippen LogP contribution in [0.4, 0.5) is 0 Å². The molecular formula is C15H13NO3S2. The third-order valence-corrected chi connectivity index (χ3v) is 5.16. The van der Waals surface area contributed by atoms with Crippen LogP contribution >= 0.6 is 22.7 Å². The molecule has 0 saturated heterocycles. The smallest absolute Gasteiger partial charge is 0.303 e. The second-order valence-electron chi connectivity index (χ2n) is 4.72. The molecule has 0 aromatic carbocycles. The molecule has 0 fully saturated rings. The van der Waals surface area contributed by atoms with Crippen molar-refractivity contribution in [1.82, 2.24) is 5.32 Å². The first-order valence-corrected chi connectivity index (χ1v) is 8.25. The SMILES string of the molecule is O=C(O)CCC(=O)c1cc(C2=c3ccsc3=CNC2)cs1. The van der Waals surface area contributed by atoms with Crippen molar-refractivity contribution < 1.29 is 14.7 Å². The van der Waals surface area contributed by atoms with Gasteiger partial charge in [0.15, 0.2) is 5.78 Å². The predicted octanol–water partition coefficient (Wildman–Crippen LogP) is 1.40. The van der Waals surface area contributed by atoms with Crippen molar-refractivity contribution >= 4 is 46.2 Å². The molecule has 0 spiro atoms. The van der Waals surface area contributed by atoms with E-state index >= 15 is 0 Å². The van der Waals surface area contributed by atoms with Gasteiger partial charge in [-0.15, -0.1) is 22.7 Å². The van der Waals surface area contributed by atoms with Crippen LogP contribution in [0.2, 0.25) is 0 Å². The van der Waals surface area contributed by atoms with Crippen molar-refractivity contribution in [2.45, 2.75) is 12.8 Å². The van der Waals surface area contributed by atoms with Crippen molar-refractivity contribution in [3.8, 4) is 0 Å². The fourth-order valence-electron chi connectivity index (χ4n) is 2.27. The number of carbonyl (C=O) groups is 2. The van der Waals surface area contributed by atoms with Crippen LogP contribution in [0.15, 0.2) is 22.9 Å². The Hall–Kier alpha value is -1.92. The van der Waals surface area contributed by atoms with Crippen LogP contribution in [0.1, 0.15) is 28.1 Å². The fraction of sp³-hybridized carbons (Fsp3) is 0.200. The fourth-order valence-corrected chi connectivity index (χ4v) is 3.98. The van der Waals surface area contributed by atoms with E-state index in [2.05, 4.69) is 16.8 Å². The van der Waals surface area contributed by atoms with E-state index in [1.54, 1.807) is 11.3 Å². The van der Waals surface area contributed by atoms with Gasteiger partial charge in [0.05, 0.1) is 15.8 Å². The van der Waals surface area contributed by atoms with Crippen molar-refractivity contribution in [2.24, 2.45) is 0 Å². The number of rotatable bonds is 5. The Morgan fingerprint density at radius 2 is 2.14 bits per heavy atom. The van der Waals surface area contributed by atoms with Gasteiger partial charge in [0, 0.05) is 19.2 Å². The van der Waals surface area contributed by atoms with Crippen LogP contribution in [0, 0.1) is 0 Å².